The number of nitrogens with zero attached hydrogens (tertiary/aromatic N) is 1. The summed E-state index contributed by atoms with van der Waals surface area (Å²) in [5, 5.41) is 10.5. The molecule has 1 heterocycles. The van der Waals surface area contributed by atoms with Crippen LogP contribution in [0.25, 0.3) is 0 Å². The maximum absolute atomic E-state index is 13.5. The number of halogens is 1. The lowest BCUT2D eigenvalue weighted by Gasteiger charge is -2.34. The zero-order valence-corrected chi connectivity index (χ0v) is 14.6. The van der Waals surface area contributed by atoms with Gasteiger partial charge in [0.25, 0.3) is 0 Å². The molecule has 134 valence electrons. The normalized spacial score (nSPS) is 19.6. The summed E-state index contributed by atoms with van der Waals surface area (Å²) in [4.78, 5) is 2.18. The molecule has 0 aromatic heterocycles. The average Bonchev–Trinajstić information content (AvgIpc) is 2.64. The second-order valence-corrected chi connectivity index (χ2v) is 6.42. The Hall–Kier alpha value is -1.95. The molecule has 1 aliphatic heterocycles. The summed E-state index contributed by atoms with van der Waals surface area (Å²) < 4.78 is 24.5. The fourth-order valence-corrected chi connectivity index (χ4v) is 3.14. The molecule has 1 aliphatic rings. The number of benzene rings is 2. The highest BCUT2D eigenvalue weighted by molar-refractivity contribution is 5.30. The number of ether oxygens (including phenoxy) is 2. The topological polar surface area (TPSA) is 41.9 Å². The van der Waals surface area contributed by atoms with E-state index in [0.717, 1.165) is 23.4 Å². The molecule has 0 spiro atoms. The van der Waals surface area contributed by atoms with E-state index in [1.165, 1.54) is 6.07 Å². The Kier molecular flexibility index (Phi) is 5.68. The minimum Gasteiger partial charge on any atom is -0.497 e. The third kappa shape index (κ3) is 4.37. The summed E-state index contributed by atoms with van der Waals surface area (Å²) >= 11 is 0. The highest BCUT2D eigenvalue weighted by atomic mass is 19.1. The number of aliphatic hydroxyl groups excluding tert-OH is 1. The maximum Gasteiger partial charge on any atom is 0.126 e. The smallest absolute Gasteiger partial charge is 0.126 e. The molecule has 4 nitrogen and oxygen atoms in total. The van der Waals surface area contributed by atoms with Crippen molar-refractivity contribution in [1.82, 2.24) is 4.90 Å². The standard InChI is InChI=1S/C20H24FNO3/c1-14-10-16(6-7-18(14)21)20-13-22(8-9-25-20)12-19(23)15-4-3-5-17(11-15)24-2/h3-7,10-11,19-20,23H,8-9,12-13H2,1-2H3. The van der Waals surface area contributed by atoms with Gasteiger partial charge in [-0.1, -0.05) is 24.3 Å². The highest BCUT2D eigenvalue weighted by Crippen LogP contribution is 2.26. The second kappa shape index (κ2) is 7.95. The van der Waals surface area contributed by atoms with Crippen LogP contribution in [-0.4, -0.2) is 43.4 Å². The lowest BCUT2D eigenvalue weighted by Crippen LogP contribution is -2.40. The van der Waals surface area contributed by atoms with Crippen molar-refractivity contribution in [3.63, 3.8) is 0 Å². The Balaban J connectivity index is 1.65. The first-order valence-electron chi connectivity index (χ1n) is 8.49. The third-order valence-electron chi connectivity index (χ3n) is 4.61. The Morgan fingerprint density at radius 2 is 2.16 bits per heavy atom. The molecule has 0 amide bonds. The van der Waals surface area contributed by atoms with Crippen molar-refractivity contribution < 1.29 is 19.0 Å². The summed E-state index contributed by atoms with van der Waals surface area (Å²) in [5.74, 6) is 0.531. The van der Waals surface area contributed by atoms with Crippen molar-refractivity contribution in [1.29, 1.82) is 0 Å². The van der Waals surface area contributed by atoms with Crippen molar-refractivity contribution in [2.75, 3.05) is 33.4 Å². The number of rotatable bonds is 5. The Morgan fingerprint density at radius 3 is 2.92 bits per heavy atom. The lowest BCUT2D eigenvalue weighted by molar-refractivity contribution is -0.0424. The van der Waals surface area contributed by atoms with Crippen molar-refractivity contribution in [2.45, 2.75) is 19.1 Å². The number of hydrogen-bond acceptors (Lipinski definition) is 4. The van der Waals surface area contributed by atoms with Crippen LogP contribution in [0.3, 0.4) is 0 Å². The molecule has 0 radical (unpaired) electrons. The molecular weight excluding hydrogens is 321 g/mol. The molecule has 0 bridgehead atoms. The molecule has 2 aromatic carbocycles. The Morgan fingerprint density at radius 1 is 1.32 bits per heavy atom. The largest absolute Gasteiger partial charge is 0.497 e. The van der Waals surface area contributed by atoms with Gasteiger partial charge in [0, 0.05) is 19.6 Å². The van der Waals surface area contributed by atoms with Crippen LogP contribution in [-0.2, 0) is 4.74 Å². The third-order valence-corrected chi connectivity index (χ3v) is 4.61. The van der Waals surface area contributed by atoms with Gasteiger partial charge in [-0.25, -0.2) is 4.39 Å². The van der Waals surface area contributed by atoms with Gasteiger partial charge in [-0.15, -0.1) is 0 Å². The molecule has 0 saturated carbocycles. The molecule has 1 fully saturated rings. The van der Waals surface area contributed by atoms with Crippen LogP contribution in [0.2, 0.25) is 0 Å². The van der Waals surface area contributed by atoms with Gasteiger partial charge in [-0.05, 0) is 41.8 Å². The van der Waals surface area contributed by atoms with Crippen molar-refractivity contribution >= 4 is 0 Å². The van der Waals surface area contributed by atoms with Crippen LogP contribution in [0, 0.1) is 12.7 Å². The van der Waals surface area contributed by atoms with Crippen LogP contribution in [0.15, 0.2) is 42.5 Å². The van der Waals surface area contributed by atoms with E-state index < -0.39 is 6.10 Å². The van der Waals surface area contributed by atoms with E-state index in [1.807, 2.05) is 30.3 Å². The van der Waals surface area contributed by atoms with E-state index >= 15 is 0 Å². The van der Waals surface area contributed by atoms with Gasteiger partial charge >= 0.3 is 0 Å². The summed E-state index contributed by atoms with van der Waals surface area (Å²) in [7, 11) is 1.61. The fourth-order valence-electron chi connectivity index (χ4n) is 3.14. The van der Waals surface area contributed by atoms with Crippen molar-refractivity contribution in [3.05, 3.63) is 65.0 Å². The highest BCUT2D eigenvalue weighted by Gasteiger charge is 2.24. The van der Waals surface area contributed by atoms with Gasteiger partial charge in [0.05, 0.1) is 25.9 Å². The van der Waals surface area contributed by atoms with Gasteiger partial charge in [0.2, 0.25) is 0 Å². The maximum atomic E-state index is 13.5. The van der Waals surface area contributed by atoms with Crippen LogP contribution in [0.5, 0.6) is 5.75 Å². The predicted molar refractivity (Wildman–Crippen MR) is 94.2 cm³/mol. The Bertz CT molecular complexity index is 722. The van der Waals surface area contributed by atoms with Gasteiger partial charge in [0.1, 0.15) is 11.6 Å². The zero-order chi connectivity index (χ0) is 17.8. The molecule has 1 saturated heterocycles. The molecule has 2 atom stereocenters. The SMILES string of the molecule is COc1cccc(C(O)CN2CCOC(c3ccc(F)c(C)c3)C2)c1. The number of morpholine rings is 1. The average molecular weight is 345 g/mol. The number of β-amino-alcohol motifs (C(OH)–C–C–N with tert-alkyl or cyclic N) is 1. The summed E-state index contributed by atoms with van der Waals surface area (Å²) in [6, 6.07) is 12.6. The first-order valence-corrected chi connectivity index (χ1v) is 8.49. The summed E-state index contributed by atoms with van der Waals surface area (Å²) in [6.07, 6.45) is -0.700. The van der Waals surface area contributed by atoms with Gasteiger partial charge in [-0.3, -0.25) is 4.90 Å². The van der Waals surface area contributed by atoms with Crippen molar-refractivity contribution in [3.8, 4) is 5.75 Å². The molecule has 0 aliphatic carbocycles. The molecule has 1 N–H and O–H groups in total. The van der Waals surface area contributed by atoms with E-state index in [9.17, 15) is 9.50 Å². The van der Waals surface area contributed by atoms with E-state index in [1.54, 1.807) is 20.1 Å². The van der Waals surface area contributed by atoms with E-state index in [-0.39, 0.29) is 11.9 Å². The zero-order valence-electron chi connectivity index (χ0n) is 14.6. The molecule has 3 rings (SSSR count). The lowest BCUT2D eigenvalue weighted by atomic mass is 10.0. The van der Waals surface area contributed by atoms with Crippen molar-refractivity contribution in [2.24, 2.45) is 0 Å². The second-order valence-electron chi connectivity index (χ2n) is 6.42. The minimum atomic E-state index is -0.594. The van der Waals surface area contributed by atoms with Crippen LogP contribution in [0.4, 0.5) is 4.39 Å². The summed E-state index contributed by atoms with van der Waals surface area (Å²) in [5.41, 5.74) is 2.43. The molecule has 2 aromatic rings. The number of aryl methyl sites for hydroxylation is 1. The number of aliphatic hydroxyl groups is 1. The van der Waals surface area contributed by atoms with Gasteiger partial charge < -0.3 is 14.6 Å². The number of hydrogen-bond donors (Lipinski definition) is 1. The molecule has 2 unspecified atom stereocenters. The fraction of sp³-hybridized carbons (Fsp3) is 0.400. The summed E-state index contributed by atoms with van der Waals surface area (Å²) in [6.45, 7) is 4.30. The van der Waals surface area contributed by atoms with Crippen LogP contribution in [0.1, 0.15) is 28.9 Å². The van der Waals surface area contributed by atoms with Gasteiger partial charge in [-0.2, -0.15) is 0 Å². The first kappa shape index (κ1) is 17.9. The van der Waals surface area contributed by atoms with Gasteiger partial charge in [0.15, 0.2) is 0 Å². The van der Waals surface area contributed by atoms with Crippen LogP contribution < -0.4 is 4.74 Å². The molecule has 5 heteroatoms. The minimum absolute atomic E-state index is 0.106. The first-order chi connectivity index (χ1) is 12.1. The van der Waals surface area contributed by atoms with Crippen LogP contribution >= 0.6 is 0 Å². The van der Waals surface area contributed by atoms with E-state index in [2.05, 4.69) is 4.90 Å². The van der Waals surface area contributed by atoms with E-state index in [0.29, 0.717) is 25.3 Å². The quantitative estimate of drug-likeness (QED) is 0.903. The molecular formula is C20H24FNO3. The Labute approximate surface area is 147 Å². The predicted octanol–water partition coefficient (Wildman–Crippen LogP) is 3.25. The monoisotopic (exact) mass is 345 g/mol. The number of methoxy groups -OCH3 is 1. The van der Waals surface area contributed by atoms with E-state index in [4.69, 9.17) is 9.47 Å². The molecule has 25 heavy (non-hydrogen) atoms.